The van der Waals surface area contributed by atoms with E-state index in [0.717, 1.165) is 12.6 Å². The summed E-state index contributed by atoms with van der Waals surface area (Å²) in [6.07, 6.45) is 7.59. The first-order valence-corrected chi connectivity index (χ1v) is 8.80. The zero-order chi connectivity index (χ0) is 15.5. The molecule has 3 heteroatoms. The van der Waals surface area contributed by atoms with Crippen LogP contribution in [0.1, 0.15) is 23.1 Å². The predicted octanol–water partition coefficient (Wildman–Crippen LogP) is 2.76. The van der Waals surface area contributed by atoms with Crippen LogP contribution >= 0.6 is 0 Å². The topological polar surface area (TPSA) is 19.4 Å². The molecule has 2 heterocycles. The average Bonchev–Trinajstić information content (AvgIpc) is 2.63. The van der Waals surface area contributed by atoms with Gasteiger partial charge in [0.1, 0.15) is 0 Å². The van der Waals surface area contributed by atoms with E-state index in [0.29, 0.717) is 0 Å². The molecule has 1 aromatic heterocycles. The maximum Gasteiger partial charge on any atom is 0.0271 e. The fourth-order valence-corrected chi connectivity index (χ4v) is 4.02. The Kier molecular flexibility index (Phi) is 4.40. The van der Waals surface area contributed by atoms with Gasteiger partial charge in [-0.15, -0.1) is 0 Å². The van der Waals surface area contributed by atoms with Gasteiger partial charge in [0.2, 0.25) is 0 Å². The first-order valence-electron chi connectivity index (χ1n) is 8.80. The van der Waals surface area contributed by atoms with Gasteiger partial charge in [-0.1, -0.05) is 24.3 Å². The molecular weight excluding hydrogens is 282 g/mol. The van der Waals surface area contributed by atoms with E-state index in [4.69, 9.17) is 0 Å². The Hall–Kier alpha value is -1.71. The van der Waals surface area contributed by atoms with Gasteiger partial charge in [0.05, 0.1) is 0 Å². The highest BCUT2D eigenvalue weighted by molar-refractivity contribution is 5.30. The highest BCUT2D eigenvalue weighted by Crippen LogP contribution is 2.25. The lowest BCUT2D eigenvalue weighted by molar-refractivity contribution is 0.0856. The highest BCUT2D eigenvalue weighted by atomic mass is 15.3. The number of piperazine rings is 1. The largest absolute Gasteiger partial charge is 0.298 e. The van der Waals surface area contributed by atoms with Crippen molar-refractivity contribution >= 4 is 0 Å². The monoisotopic (exact) mass is 307 g/mol. The van der Waals surface area contributed by atoms with Gasteiger partial charge in [0, 0.05) is 51.2 Å². The summed E-state index contributed by atoms with van der Waals surface area (Å²) in [6.45, 7) is 5.83. The number of aromatic nitrogens is 1. The van der Waals surface area contributed by atoms with Crippen molar-refractivity contribution in [1.82, 2.24) is 14.8 Å². The molecule has 2 aromatic rings. The summed E-state index contributed by atoms with van der Waals surface area (Å²) in [5.74, 6) is 0. The van der Waals surface area contributed by atoms with Gasteiger partial charge in [0.25, 0.3) is 0 Å². The minimum absolute atomic E-state index is 0.743. The molecule has 0 spiro atoms. The molecule has 1 unspecified atom stereocenters. The van der Waals surface area contributed by atoms with Crippen molar-refractivity contribution in [3.05, 3.63) is 65.5 Å². The Bertz CT molecular complexity index is 632. The average molecular weight is 307 g/mol. The molecule has 1 saturated heterocycles. The summed E-state index contributed by atoms with van der Waals surface area (Å²) in [5.41, 5.74) is 4.52. The third kappa shape index (κ3) is 3.46. The maximum atomic E-state index is 4.10. The van der Waals surface area contributed by atoms with Gasteiger partial charge in [-0.25, -0.2) is 0 Å². The zero-order valence-electron chi connectivity index (χ0n) is 13.7. The Labute approximate surface area is 139 Å². The molecule has 0 amide bonds. The van der Waals surface area contributed by atoms with Crippen molar-refractivity contribution in [2.24, 2.45) is 0 Å². The second kappa shape index (κ2) is 6.81. The first-order chi connectivity index (χ1) is 11.4. The number of nitrogens with zero attached hydrogens (tertiary/aromatic N) is 3. The molecule has 1 fully saturated rings. The normalized spacial score (nSPS) is 22.7. The van der Waals surface area contributed by atoms with Crippen molar-refractivity contribution in [3.8, 4) is 0 Å². The van der Waals surface area contributed by atoms with E-state index in [-0.39, 0.29) is 0 Å². The third-order valence-electron chi connectivity index (χ3n) is 5.40. The molecule has 0 radical (unpaired) electrons. The second-order valence-corrected chi connectivity index (χ2v) is 6.83. The van der Waals surface area contributed by atoms with Crippen molar-refractivity contribution in [2.45, 2.75) is 31.8 Å². The Morgan fingerprint density at radius 2 is 1.65 bits per heavy atom. The number of benzene rings is 1. The van der Waals surface area contributed by atoms with E-state index in [1.165, 1.54) is 51.0 Å². The Morgan fingerprint density at radius 1 is 0.913 bits per heavy atom. The van der Waals surface area contributed by atoms with Crippen LogP contribution in [0.15, 0.2) is 48.8 Å². The van der Waals surface area contributed by atoms with Crippen LogP contribution in [-0.4, -0.2) is 47.0 Å². The minimum Gasteiger partial charge on any atom is -0.298 e. The fourth-order valence-electron chi connectivity index (χ4n) is 4.02. The maximum absolute atomic E-state index is 4.10. The lowest BCUT2D eigenvalue weighted by Crippen LogP contribution is -2.51. The molecule has 4 rings (SSSR count). The van der Waals surface area contributed by atoms with Crippen molar-refractivity contribution in [3.63, 3.8) is 0 Å². The summed E-state index contributed by atoms with van der Waals surface area (Å²) in [6, 6.07) is 14.0. The van der Waals surface area contributed by atoms with Gasteiger partial charge in [-0.05, 0) is 48.1 Å². The molecule has 120 valence electrons. The molecule has 3 nitrogen and oxygen atoms in total. The van der Waals surface area contributed by atoms with Crippen LogP contribution in [0.25, 0.3) is 0 Å². The lowest BCUT2D eigenvalue weighted by atomic mass is 9.87. The smallest absolute Gasteiger partial charge is 0.0271 e. The van der Waals surface area contributed by atoms with Crippen LogP contribution in [0, 0.1) is 0 Å². The number of aryl methyl sites for hydroxylation is 1. The molecule has 2 aliphatic rings. The second-order valence-electron chi connectivity index (χ2n) is 6.83. The SMILES string of the molecule is c1ccc2c(c1)CCC(N1CCN(Cc3ccncc3)CC1)C2. The molecule has 1 aliphatic carbocycles. The van der Waals surface area contributed by atoms with Crippen LogP contribution in [-0.2, 0) is 19.4 Å². The van der Waals surface area contributed by atoms with E-state index < -0.39 is 0 Å². The number of rotatable bonds is 3. The molecular formula is C20H25N3. The summed E-state index contributed by atoms with van der Waals surface area (Å²) in [4.78, 5) is 9.40. The van der Waals surface area contributed by atoms with Crippen LogP contribution in [0.3, 0.4) is 0 Å². The molecule has 1 aromatic carbocycles. The lowest BCUT2D eigenvalue weighted by Gasteiger charge is -2.41. The zero-order valence-corrected chi connectivity index (χ0v) is 13.7. The van der Waals surface area contributed by atoms with Gasteiger partial charge in [-0.3, -0.25) is 14.8 Å². The molecule has 23 heavy (non-hydrogen) atoms. The molecule has 0 bridgehead atoms. The number of hydrogen-bond acceptors (Lipinski definition) is 3. The van der Waals surface area contributed by atoms with Crippen LogP contribution < -0.4 is 0 Å². The standard InChI is InChI=1S/C20H25N3/c1-2-4-19-15-20(6-5-18(19)3-1)23-13-11-22(12-14-23)16-17-7-9-21-10-8-17/h1-4,7-10,20H,5-6,11-16H2. The fraction of sp³-hybridized carbons (Fsp3) is 0.450. The summed E-state index contributed by atoms with van der Waals surface area (Å²) < 4.78 is 0. The Morgan fingerprint density at radius 3 is 2.43 bits per heavy atom. The number of pyridine rings is 1. The molecule has 1 atom stereocenters. The van der Waals surface area contributed by atoms with Gasteiger partial charge in [0.15, 0.2) is 0 Å². The molecule has 0 N–H and O–H groups in total. The highest BCUT2D eigenvalue weighted by Gasteiger charge is 2.26. The van der Waals surface area contributed by atoms with Crippen LogP contribution in [0.2, 0.25) is 0 Å². The number of fused-ring (bicyclic) bond motifs is 1. The summed E-state index contributed by atoms with van der Waals surface area (Å²) >= 11 is 0. The van der Waals surface area contributed by atoms with E-state index in [1.807, 2.05) is 12.4 Å². The Balaban J connectivity index is 1.32. The van der Waals surface area contributed by atoms with E-state index in [9.17, 15) is 0 Å². The third-order valence-corrected chi connectivity index (χ3v) is 5.40. The molecule has 1 aliphatic heterocycles. The van der Waals surface area contributed by atoms with E-state index in [2.05, 4.69) is 51.2 Å². The minimum atomic E-state index is 0.743. The van der Waals surface area contributed by atoms with Gasteiger partial charge in [-0.2, -0.15) is 0 Å². The van der Waals surface area contributed by atoms with Crippen LogP contribution in [0.4, 0.5) is 0 Å². The predicted molar refractivity (Wildman–Crippen MR) is 93.3 cm³/mol. The quantitative estimate of drug-likeness (QED) is 0.869. The summed E-state index contributed by atoms with van der Waals surface area (Å²) in [7, 11) is 0. The van der Waals surface area contributed by atoms with Crippen molar-refractivity contribution in [2.75, 3.05) is 26.2 Å². The van der Waals surface area contributed by atoms with Gasteiger partial charge >= 0.3 is 0 Å². The summed E-state index contributed by atoms with van der Waals surface area (Å²) in [5, 5.41) is 0. The van der Waals surface area contributed by atoms with Gasteiger partial charge < -0.3 is 0 Å². The molecule has 0 saturated carbocycles. The van der Waals surface area contributed by atoms with Crippen molar-refractivity contribution in [1.29, 1.82) is 0 Å². The first kappa shape index (κ1) is 14.9. The number of hydrogen-bond donors (Lipinski definition) is 0. The van der Waals surface area contributed by atoms with E-state index in [1.54, 1.807) is 11.1 Å². The van der Waals surface area contributed by atoms with Crippen LogP contribution in [0.5, 0.6) is 0 Å². The van der Waals surface area contributed by atoms with E-state index >= 15 is 0 Å². The van der Waals surface area contributed by atoms with Crippen molar-refractivity contribution < 1.29 is 0 Å².